The fourth-order valence-corrected chi connectivity index (χ4v) is 2.53. The van der Waals surface area contributed by atoms with Gasteiger partial charge in [0.15, 0.2) is 0 Å². The first kappa shape index (κ1) is 12.0. The third kappa shape index (κ3) is 2.03. The van der Waals surface area contributed by atoms with Crippen molar-refractivity contribution in [2.75, 3.05) is 0 Å². The summed E-state index contributed by atoms with van der Waals surface area (Å²) in [5.74, 6) is 1.22. The van der Waals surface area contributed by atoms with Gasteiger partial charge in [0.1, 0.15) is 5.69 Å². The molecule has 21 heavy (non-hydrogen) atoms. The molecule has 1 aliphatic rings. The van der Waals surface area contributed by atoms with Gasteiger partial charge in [0.05, 0.1) is 5.92 Å². The van der Waals surface area contributed by atoms with Gasteiger partial charge in [0, 0.05) is 6.20 Å². The lowest BCUT2D eigenvalue weighted by molar-refractivity contribution is 0.383. The van der Waals surface area contributed by atoms with Gasteiger partial charge in [-0.1, -0.05) is 41.1 Å². The summed E-state index contributed by atoms with van der Waals surface area (Å²) in [6.07, 6.45) is 1.62. The van der Waals surface area contributed by atoms with E-state index in [1.807, 2.05) is 24.3 Å². The zero-order valence-corrected chi connectivity index (χ0v) is 11.4. The minimum Gasteiger partial charge on any atom is -0.338 e. The average Bonchev–Trinajstić information content (AvgIpc) is 2.99. The highest BCUT2D eigenvalue weighted by atomic mass is 16.5. The van der Waals surface area contributed by atoms with E-state index in [1.165, 1.54) is 16.7 Å². The smallest absolute Gasteiger partial charge is 0.238 e. The van der Waals surface area contributed by atoms with Crippen LogP contribution in [0.5, 0.6) is 0 Å². The molecule has 4 rings (SSSR count). The molecule has 0 N–H and O–H groups in total. The molecule has 102 valence electrons. The second kappa shape index (κ2) is 4.63. The number of hydrogen-bond donors (Lipinski definition) is 0. The number of benzene rings is 1. The van der Waals surface area contributed by atoms with Crippen LogP contribution >= 0.6 is 0 Å². The molecule has 0 amide bonds. The Morgan fingerprint density at radius 2 is 1.90 bits per heavy atom. The van der Waals surface area contributed by atoms with Crippen LogP contribution in [0.15, 0.2) is 58.8 Å². The number of rotatable bonds is 3. The van der Waals surface area contributed by atoms with Crippen molar-refractivity contribution in [3.05, 3.63) is 65.7 Å². The van der Waals surface area contributed by atoms with Gasteiger partial charge in [-0.05, 0) is 30.2 Å². The molecule has 5 nitrogen and oxygen atoms in total. The van der Waals surface area contributed by atoms with Crippen LogP contribution in [-0.2, 0) is 0 Å². The highest BCUT2D eigenvalue weighted by Crippen LogP contribution is 2.53. The molecule has 3 aromatic rings. The van der Waals surface area contributed by atoms with E-state index >= 15 is 0 Å². The monoisotopic (exact) mass is 276 g/mol. The van der Waals surface area contributed by atoms with Crippen molar-refractivity contribution in [1.29, 1.82) is 0 Å². The normalized spacial score (nSPS) is 17.1. The number of hydrogen-bond acceptors (Lipinski definition) is 5. The van der Waals surface area contributed by atoms with Crippen LogP contribution in [0.2, 0.25) is 0 Å². The van der Waals surface area contributed by atoms with E-state index in [0.29, 0.717) is 17.4 Å². The molecule has 1 aliphatic carbocycles. The predicted octanol–water partition coefficient (Wildman–Crippen LogP) is 3.10. The summed E-state index contributed by atoms with van der Waals surface area (Å²) >= 11 is 0. The van der Waals surface area contributed by atoms with Crippen molar-refractivity contribution in [2.24, 2.45) is 0 Å². The molecular weight excluding hydrogens is 264 g/mol. The molecule has 1 aromatic carbocycles. The number of aromatic nitrogens is 4. The van der Waals surface area contributed by atoms with Gasteiger partial charge >= 0.3 is 0 Å². The maximum Gasteiger partial charge on any atom is 0.238 e. The molecule has 0 saturated carbocycles. The Hall–Kier alpha value is -2.82. The van der Waals surface area contributed by atoms with Crippen LogP contribution < -0.4 is 0 Å². The predicted molar refractivity (Wildman–Crippen MR) is 77.1 cm³/mol. The van der Waals surface area contributed by atoms with Gasteiger partial charge in [-0.2, -0.15) is 10.1 Å². The summed E-state index contributed by atoms with van der Waals surface area (Å²) in [5, 5.41) is 11.8. The van der Waals surface area contributed by atoms with Gasteiger partial charge in [-0.25, -0.2) is 0 Å². The Morgan fingerprint density at radius 3 is 2.67 bits per heavy atom. The minimum atomic E-state index is 0.130. The summed E-state index contributed by atoms with van der Waals surface area (Å²) in [7, 11) is 0. The second-order valence-electron chi connectivity index (χ2n) is 4.96. The third-order valence-electron chi connectivity index (χ3n) is 3.64. The maximum atomic E-state index is 5.39. The Balaban J connectivity index is 1.62. The summed E-state index contributed by atoms with van der Waals surface area (Å²) in [4.78, 5) is 4.45. The largest absolute Gasteiger partial charge is 0.338 e. The van der Waals surface area contributed by atoms with Crippen molar-refractivity contribution in [3.8, 4) is 11.5 Å². The van der Waals surface area contributed by atoms with Crippen LogP contribution in [0.25, 0.3) is 17.1 Å². The second-order valence-corrected chi connectivity index (χ2v) is 4.96. The zero-order chi connectivity index (χ0) is 14.2. The van der Waals surface area contributed by atoms with Crippen LogP contribution in [0.3, 0.4) is 0 Å². The van der Waals surface area contributed by atoms with E-state index in [1.54, 1.807) is 12.3 Å². The van der Waals surface area contributed by atoms with Crippen molar-refractivity contribution >= 4 is 5.57 Å². The summed E-state index contributed by atoms with van der Waals surface area (Å²) in [6, 6.07) is 13.9. The highest BCUT2D eigenvalue weighted by molar-refractivity contribution is 5.89. The quantitative estimate of drug-likeness (QED) is 0.735. The Bertz CT molecular complexity index is 809. The van der Waals surface area contributed by atoms with Gasteiger partial charge < -0.3 is 4.52 Å². The Morgan fingerprint density at radius 1 is 1.05 bits per heavy atom. The fourth-order valence-electron chi connectivity index (χ4n) is 2.53. The highest BCUT2D eigenvalue weighted by Gasteiger charge is 2.39. The van der Waals surface area contributed by atoms with Crippen molar-refractivity contribution in [2.45, 2.75) is 12.8 Å². The maximum absolute atomic E-state index is 5.39. The first-order valence-electron chi connectivity index (χ1n) is 6.72. The molecule has 0 aliphatic heterocycles. The number of nitrogens with zero attached hydrogens (tertiary/aromatic N) is 4. The first-order valence-corrected chi connectivity index (χ1v) is 6.72. The SMILES string of the molecule is CC1=C(c2ccccc2)[C@@H]1c1nc(-c2cccnn2)no1. The summed E-state index contributed by atoms with van der Waals surface area (Å²) in [6.45, 7) is 2.10. The lowest BCUT2D eigenvalue weighted by Crippen LogP contribution is -1.89. The minimum absolute atomic E-state index is 0.130. The molecule has 5 heteroatoms. The number of allylic oxidation sites excluding steroid dienone is 2. The molecule has 0 radical (unpaired) electrons. The molecular formula is C16H12N4O. The van der Waals surface area contributed by atoms with Crippen molar-refractivity contribution in [3.63, 3.8) is 0 Å². The first-order chi connectivity index (χ1) is 10.3. The molecule has 1 atom stereocenters. The topological polar surface area (TPSA) is 64.7 Å². The Kier molecular flexibility index (Phi) is 2.64. The van der Waals surface area contributed by atoms with E-state index in [9.17, 15) is 0 Å². The van der Waals surface area contributed by atoms with Crippen LogP contribution in [0, 0.1) is 0 Å². The molecule has 0 bridgehead atoms. The van der Waals surface area contributed by atoms with E-state index in [2.05, 4.69) is 39.4 Å². The zero-order valence-electron chi connectivity index (χ0n) is 11.4. The Labute approximate surface area is 121 Å². The molecule has 2 aromatic heterocycles. The lowest BCUT2D eigenvalue weighted by Gasteiger charge is -1.95. The lowest BCUT2D eigenvalue weighted by atomic mass is 10.1. The van der Waals surface area contributed by atoms with E-state index in [-0.39, 0.29) is 5.92 Å². The molecule has 0 spiro atoms. The van der Waals surface area contributed by atoms with E-state index in [0.717, 1.165) is 0 Å². The van der Waals surface area contributed by atoms with Gasteiger partial charge in [-0.15, -0.1) is 5.10 Å². The van der Waals surface area contributed by atoms with Crippen LogP contribution in [0.1, 0.15) is 24.3 Å². The average molecular weight is 276 g/mol. The fraction of sp³-hybridized carbons (Fsp3) is 0.125. The van der Waals surface area contributed by atoms with E-state index < -0.39 is 0 Å². The van der Waals surface area contributed by atoms with Gasteiger partial charge in [-0.3, -0.25) is 0 Å². The van der Waals surface area contributed by atoms with E-state index in [4.69, 9.17) is 4.52 Å². The molecule has 0 saturated heterocycles. The summed E-state index contributed by atoms with van der Waals surface area (Å²) in [5.41, 5.74) is 4.37. The molecule has 2 heterocycles. The van der Waals surface area contributed by atoms with Crippen LogP contribution in [0.4, 0.5) is 0 Å². The van der Waals surface area contributed by atoms with Crippen molar-refractivity contribution in [1.82, 2.24) is 20.3 Å². The summed E-state index contributed by atoms with van der Waals surface area (Å²) < 4.78 is 5.39. The molecule has 0 fully saturated rings. The van der Waals surface area contributed by atoms with Crippen molar-refractivity contribution < 1.29 is 4.52 Å². The molecule has 0 unspecified atom stereocenters. The van der Waals surface area contributed by atoms with Crippen LogP contribution in [-0.4, -0.2) is 20.3 Å². The van der Waals surface area contributed by atoms with Gasteiger partial charge in [0.25, 0.3) is 0 Å². The third-order valence-corrected chi connectivity index (χ3v) is 3.64. The standard InChI is InChI=1S/C16H12N4O/c1-10-13(11-6-3-2-4-7-11)14(10)16-18-15(20-21-16)12-8-5-9-17-19-12/h2-9,14H,1H3/t14-/m1/s1. The van der Waals surface area contributed by atoms with Gasteiger partial charge in [0.2, 0.25) is 11.7 Å².